The van der Waals surface area contributed by atoms with Gasteiger partial charge in [0.05, 0.1) is 11.4 Å². The van der Waals surface area contributed by atoms with Crippen molar-refractivity contribution in [2.45, 2.75) is 37.7 Å². The molecule has 2 N–H and O–H groups in total. The summed E-state index contributed by atoms with van der Waals surface area (Å²) in [5.41, 5.74) is -0.936. The van der Waals surface area contributed by atoms with Crippen LogP contribution >= 0.6 is 0 Å². The molecule has 2 fully saturated rings. The number of nitrogens with zero attached hydrogens (tertiary/aromatic N) is 1. The second-order valence-electron chi connectivity index (χ2n) is 6.39. The zero-order valence-electron chi connectivity index (χ0n) is 12.9. The highest BCUT2D eigenvalue weighted by Crippen LogP contribution is 2.23. The molecule has 2 heterocycles. The fourth-order valence-electron chi connectivity index (χ4n) is 3.06. The van der Waals surface area contributed by atoms with Crippen LogP contribution in [0.2, 0.25) is 0 Å². The molecule has 0 bridgehead atoms. The first-order chi connectivity index (χ1) is 9.91. The van der Waals surface area contributed by atoms with Gasteiger partial charge in [-0.2, -0.15) is 0 Å². The Kier molecular flexibility index (Phi) is 6.02. The van der Waals surface area contributed by atoms with Crippen molar-refractivity contribution >= 4 is 10.0 Å². The van der Waals surface area contributed by atoms with Crippen LogP contribution < -0.4 is 5.32 Å². The van der Waals surface area contributed by atoms with E-state index in [1.807, 2.05) is 0 Å². The maximum absolute atomic E-state index is 12.4. The van der Waals surface area contributed by atoms with Crippen molar-refractivity contribution in [3.63, 3.8) is 0 Å². The maximum atomic E-state index is 12.4. The zero-order chi connectivity index (χ0) is 15.3. The molecule has 0 spiro atoms. The molecule has 0 radical (unpaired) electrons. The first-order valence-electron chi connectivity index (χ1n) is 7.86. The number of hydrogen-bond donors (Lipinski definition) is 2. The van der Waals surface area contributed by atoms with E-state index in [9.17, 15) is 13.5 Å². The Morgan fingerprint density at radius 1 is 1.29 bits per heavy atom. The first kappa shape index (κ1) is 17.1. The number of ether oxygens (including phenoxy) is 1. The van der Waals surface area contributed by atoms with E-state index in [1.165, 1.54) is 4.31 Å². The van der Waals surface area contributed by atoms with Crippen molar-refractivity contribution in [2.24, 2.45) is 5.92 Å². The quantitative estimate of drug-likeness (QED) is 0.730. The van der Waals surface area contributed by atoms with Gasteiger partial charge < -0.3 is 15.2 Å². The van der Waals surface area contributed by atoms with E-state index in [2.05, 4.69) is 5.32 Å². The van der Waals surface area contributed by atoms with Crippen LogP contribution in [0.15, 0.2) is 0 Å². The SMILES string of the molecule is CN(CC1(O)CCOCC1)S(=O)(=O)CCC1CCNCC1. The lowest BCUT2D eigenvalue weighted by molar-refractivity contribution is -0.0689. The molecule has 0 aromatic carbocycles. The van der Waals surface area contributed by atoms with Gasteiger partial charge in [0.25, 0.3) is 0 Å². The standard InChI is InChI=1S/C14H28N2O4S/c1-16(12-14(17)5-9-20-10-6-14)21(18,19)11-4-13-2-7-15-8-3-13/h13,15,17H,2-12H2,1H3. The molecule has 2 aliphatic rings. The highest BCUT2D eigenvalue weighted by atomic mass is 32.2. The van der Waals surface area contributed by atoms with E-state index in [0.717, 1.165) is 32.4 Å². The Hall–Kier alpha value is -0.210. The minimum absolute atomic E-state index is 0.172. The summed E-state index contributed by atoms with van der Waals surface area (Å²) in [4.78, 5) is 0. The smallest absolute Gasteiger partial charge is 0.213 e. The summed E-state index contributed by atoms with van der Waals surface area (Å²) in [6.45, 7) is 3.14. The lowest BCUT2D eigenvalue weighted by Crippen LogP contribution is -2.47. The van der Waals surface area contributed by atoms with Crippen molar-refractivity contribution in [2.75, 3.05) is 45.6 Å². The molecule has 2 rings (SSSR count). The van der Waals surface area contributed by atoms with E-state index < -0.39 is 15.6 Å². The van der Waals surface area contributed by atoms with Crippen LogP contribution in [0.4, 0.5) is 0 Å². The fraction of sp³-hybridized carbons (Fsp3) is 1.00. The van der Waals surface area contributed by atoms with Crippen LogP contribution in [0, 0.1) is 5.92 Å². The van der Waals surface area contributed by atoms with Crippen molar-refractivity contribution in [1.29, 1.82) is 0 Å². The van der Waals surface area contributed by atoms with E-state index >= 15 is 0 Å². The van der Waals surface area contributed by atoms with Gasteiger partial charge in [-0.25, -0.2) is 12.7 Å². The normalized spacial score (nSPS) is 24.3. The minimum Gasteiger partial charge on any atom is -0.388 e. The van der Waals surface area contributed by atoms with Gasteiger partial charge in [-0.15, -0.1) is 0 Å². The van der Waals surface area contributed by atoms with E-state index in [-0.39, 0.29) is 12.3 Å². The number of rotatable bonds is 6. The molecule has 7 heteroatoms. The summed E-state index contributed by atoms with van der Waals surface area (Å²) in [5, 5.41) is 13.7. The highest BCUT2D eigenvalue weighted by Gasteiger charge is 2.34. The number of likely N-dealkylation sites (N-methyl/N-ethyl adjacent to an activating group) is 1. The van der Waals surface area contributed by atoms with Gasteiger partial charge in [-0.05, 0) is 38.3 Å². The average molecular weight is 320 g/mol. The molecular weight excluding hydrogens is 292 g/mol. The van der Waals surface area contributed by atoms with Crippen LogP contribution in [0.1, 0.15) is 32.1 Å². The molecule has 6 nitrogen and oxygen atoms in total. The van der Waals surface area contributed by atoms with Gasteiger partial charge in [0.2, 0.25) is 10.0 Å². The van der Waals surface area contributed by atoms with Gasteiger partial charge >= 0.3 is 0 Å². The number of piperidine rings is 1. The summed E-state index contributed by atoms with van der Waals surface area (Å²) < 4.78 is 31.3. The van der Waals surface area contributed by atoms with Gasteiger partial charge in [-0.3, -0.25) is 0 Å². The molecule has 0 saturated carbocycles. The lowest BCUT2D eigenvalue weighted by atomic mass is 9.95. The monoisotopic (exact) mass is 320 g/mol. The molecular formula is C14H28N2O4S. The maximum Gasteiger partial charge on any atom is 0.213 e. The van der Waals surface area contributed by atoms with Crippen LogP contribution in [0.25, 0.3) is 0 Å². The molecule has 0 atom stereocenters. The summed E-state index contributed by atoms with van der Waals surface area (Å²) in [7, 11) is -1.71. The van der Waals surface area contributed by atoms with Crippen molar-refractivity contribution in [3.8, 4) is 0 Å². The molecule has 0 aromatic heterocycles. The average Bonchev–Trinajstić information content (AvgIpc) is 2.46. The molecule has 0 aliphatic carbocycles. The Morgan fingerprint density at radius 3 is 2.52 bits per heavy atom. The van der Waals surface area contributed by atoms with Gasteiger partial charge in [-0.1, -0.05) is 0 Å². The Balaban J connectivity index is 1.82. The van der Waals surface area contributed by atoms with Crippen molar-refractivity contribution in [3.05, 3.63) is 0 Å². The molecule has 0 aromatic rings. The molecule has 21 heavy (non-hydrogen) atoms. The second kappa shape index (κ2) is 7.37. The summed E-state index contributed by atoms with van der Waals surface area (Å²) >= 11 is 0. The van der Waals surface area contributed by atoms with Crippen molar-refractivity contribution < 1.29 is 18.3 Å². The van der Waals surface area contributed by atoms with Crippen LogP contribution in [0.3, 0.4) is 0 Å². The third-order valence-electron chi connectivity index (χ3n) is 4.66. The minimum atomic E-state index is -3.29. The number of sulfonamides is 1. The topological polar surface area (TPSA) is 78.9 Å². The largest absolute Gasteiger partial charge is 0.388 e. The summed E-state index contributed by atoms with van der Waals surface area (Å²) in [6, 6.07) is 0. The van der Waals surface area contributed by atoms with Crippen LogP contribution in [-0.2, 0) is 14.8 Å². The lowest BCUT2D eigenvalue weighted by Gasteiger charge is -2.35. The van der Waals surface area contributed by atoms with E-state index in [1.54, 1.807) is 7.05 Å². The van der Waals surface area contributed by atoms with Gasteiger partial charge in [0.15, 0.2) is 0 Å². The van der Waals surface area contributed by atoms with E-state index in [0.29, 0.717) is 32.0 Å². The predicted octanol–water partition coefficient (Wildman–Crippen LogP) is 0.179. The summed E-state index contributed by atoms with van der Waals surface area (Å²) in [6.07, 6.45) is 3.83. The number of aliphatic hydroxyl groups is 1. The second-order valence-corrected chi connectivity index (χ2v) is 8.59. The van der Waals surface area contributed by atoms with Crippen LogP contribution in [-0.4, -0.2) is 69.1 Å². The Bertz CT molecular complexity index is 415. The molecule has 0 unspecified atom stereocenters. The van der Waals surface area contributed by atoms with Gasteiger partial charge in [0, 0.05) is 39.6 Å². The molecule has 2 saturated heterocycles. The Morgan fingerprint density at radius 2 is 1.90 bits per heavy atom. The highest BCUT2D eigenvalue weighted by molar-refractivity contribution is 7.89. The number of nitrogens with one attached hydrogen (secondary N) is 1. The van der Waals surface area contributed by atoms with Crippen LogP contribution in [0.5, 0.6) is 0 Å². The Labute approximate surface area is 127 Å². The molecule has 124 valence electrons. The third kappa shape index (κ3) is 5.17. The molecule has 2 aliphatic heterocycles. The van der Waals surface area contributed by atoms with E-state index in [4.69, 9.17) is 4.74 Å². The van der Waals surface area contributed by atoms with Gasteiger partial charge in [0.1, 0.15) is 0 Å². The van der Waals surface area contributed by atoms with Crippen molar-refractivity contribution in [1.82, 2.24) is 9.62 Å². The summed E-state index contributed by atoms with van der Waals surface area (Å²) in [5.74, 6) is 0.682. The predicted molar refractivity (Wildman–Crippen MR) is 81.6 cm³/mol. The third-order valence-corrected chi connectivity index (χ3v) is 6.49. The zero-order valence-corrected chi connectivity index (χ0v) is 13.7. The molecule has 0 amide bonds. The fourth-order valence-corrected chi connectivity index (χ4v) is 4.44. The first-order valence-corrected chi connectivity index (χ1v) is 9.47. The number of hydrogen-bond acceptors (Lipinski definition) is 5.